The number of nitrogens with zero attached hydrogens (tertiary/aromatic N) is 1. The molecule has 3 atom stereocenters. The molecule has 1 amide bonds. The van der Waals surface area contributed by atoms with E-state index in [9.17, 15) is 4.79 Å². The fourth-order valence-corrected chi connectivity index (χ4v) is 4.71. The summed E-state index contributed by atoms with van der Waals surface area (Å²) in [5, 5.41) is 5.67. The van der Waals surface area contributed by atoms with Crippen LogP contribution in [0.4, 0.5) is 5.13 Å². The minimum absolute atomic E-state index is 0.0231. The molecule has 3 unspecified atom stereocenters. The van der Waals surface area contributed by atoms with Gasteiger partial charge in [0, 0.05) is 35.4 Å². The Morgan fingerprint density at radius 1 is 1.27 bits per heavy atom. The molecule has 3 aliphatic rings. The molecule has 2 fully saturated rings. The highest BCUT2D eigenvalue weighted by Crippen LogP contribution is 2.32. The van der Waals surface area contributed by atoms with Crippen LogP contribution in [0, 0.1) is 5.92 Å². The number of thiazole rings is 1. The molecule has 0 radical (unpaired) electrons. The average molecular weight is 371 g/mol. The SMILES string of the molecule is O=C(Nc1nc(-c2ccc3c(c2)CCO3)cs1)C1CCC2NNNC2C1. The van der Waals surface area contributed by atoms with E-state index in [-0.39, 0.29) is 11.8 Å². The van der Waals surface area contributed by atoms with E-state index < -0.39 is 0 Å². The number of carbonyl (C=O) groups is 1. The number of nitrogens with one attached hydrogen (secondary N) is 4. The van der Waals surface area contributed by atoms with Crippen molar-refractivity contribution in [3.63, 3.8) is 0 Å². The van der Waals surface area contributed by atoms with E-state index in [0.29, 0.717) is 17.2 Å². The third kappa shape index (κ3) is 2.99. The zero-order valence-electron chi connectivity index (χ0n) is 14.2. The molecule has 0 bridgehead atoms. The van der Waals surface area contributed by atoms with Crippen molar-refractivity contribution in [1.29, 1.82) is 0 Å². The molecule has 1 aliphatic carbocycles. The number of hydrazine groups is 2. The summed E-state index contributed by atoms with van der Waals surface area (Å²) in [4.78, 5) is 17.2. The molecule has 136 valence electrons. The Morgan fingerprint density at radius 3 is 3.15 bits per heavy atom. The lowest BCUT2D eigenvalue weighted by atomic mass is 9.83. The second kappa shape index (κ2) is 6.62. The van der Waals surface area contributed by atoms with E-state index in [1.165, 1.54) is 16.9 Å². The summed E-state index contributed by atoms with van der Waals surface area (Å²) < 4.78 is 5.56. The van der Waals surface area contributed by atoms with Crippen LogP contribution in [0.5, 0.6) is 5.75 Å². The van der Waals surface area contributed by atoms with Crippen LogP contribution >= 0.6 is 11.3 Å². The van der Waals surface area contributed by atoms with Crippen molar-refractivity contribution in [1.82, 2.24) is 21.4 Å². The van der Waals surface area contributed by atoms with Crippen molar-refractivity contribution in [2.24, 2.45) is 5.92 Å². The number of hydrogen-bond donors (Lipinski definition) is 4. The lowest BCUT2D eigenvalue weighted by Crippen LogP contribution is -2.42. The second-order valence-corrected chi connectivity index (χ2v) is 7.94. The highest BCUT2D eigenvalue weighted by molar-refractivity contribution is 7.14. The Balaban J connectivity index is 1.26. The highest BCUT2D eigenvalue weighted by Gasteiger charge is 2.36. The van der Waals surface area contributed by atoms with E-state index >= 15 is 0 Å². The molecule has 2 aliphatic heterocycles. The van der Waals surface area contributed by atoms with Gasteiger partial charge in [-0.05, 0) is 43.0 Å². The van der Waals surface area contributed by atoms with Gasteiger partial charge in [-0.2, -0.15) is 5.53 Å². The number of carbonyl (C=O) groups excluding carboxylic acids is 1. The van der Waals surface area contributed by atoms with Gasteiger partial charge in [0.1, 0.15) is 5.75 Å². The Morgan fingerprint density at radius 2 is 2.19 bits per heavy atom. The van der Waals surface area contributed by atoms with Crippen LogP contribution < -0.4 is 26.4 Å². The number of rotatable bonds is 3. The van der Waals surface area contributed by atoms with Crippen LogP contribution in [0.3, 0.4) is 0 Å². The van der Waals surface area contributed by atoms with E-state index in [1.807, 2.05) is 17.5 Å². The van der Waals surface area contributed by atoms with Crippen LogP contribution in [0.2, 0.25) is 0 Å². The first-order valence-electron chi connectivity index (χ1n) is 9.05. The quantitative estimate of drug-likeness (QED) is 0.659. The molecule has 8 heteroatoms. The van der Waals surface area contributed by atoms with E-state index in [4.69, 9.17) is 4.74 Å². The van der Waals surface area contributed by atoms with Crippen LogP contribution in [0.15, 0.2) is 23.6 Å². The molecule has 4 N–H and O–H groups in total. The van der Waals surface area contributed by atoms with E-state index in [0.717, 1.165) is 49.3 Å². The summed E-state index contributed by atoms with van der Waals surface area (Å²) in [6.45, 7) is 0.750. The fourth-order valence-electron chi connectivity index (χ4n) is 3.99. The number of benzene rings is 1. The number of amides is 1. The van der Waals surface area contributed by atoms with Crippen molar-refractivity contribution < 1.29 is 9.53 Å². The first-order valence-corrected chi connectivity index (χ1v) is 9.93. The molecule has 1 saturated carbocycles. The molecular weight excluding hydrogens is 350 g/mol. The molecule has 5 rings (SSSR count). The van der Waals surface area contributed by atoms with Gasteiger partial charge in [-0.1, -0.05) is 0 Å². The molecule has 2 aromatic rings. The van der Waals surface area contributed by atoms with Gasteiger partial charge in [0.05, 0.1) is 12.3 Å². The maximum Gasteiger partial charge on any atom is 0.229 e. The lowest BCUT2D eigenvalue weighted by molar-refractivity contribution is -0.121. The van der Waals surface area contributed by atoms with Crippen molar-refractivity contribution in [3.05, 3.63) is 29.1 Å². The van der Waals surface area contributed by atoms with Crippen molar-refractivity contribution >= 4 is 22.4 Å². The summed E-state index contributed by atoms with van der Waals surface area (Å²) in [6, 6.07) is 6.88. The molecule has 1 aromatic carbocycles. The molecule has 1 saturated heterocycles. The predicted octanol–water partition coefficient (Wildman–Crippen LogP) is 1.83. The van der Waals surface area contributed by atoms with Gasteiger partial charge in [0.15, 0.2) is 5.13 Å². The average Bonchev–Trinajstić information content (AvgIpc) is 3.40. The van der Waals surface area contributed by atoms with Crippen LogP contribution in [-0.4, -0.2) is 29.6 Å². The van der Waals surface area contributed by atoms with Gasteiger partial charge in [0.25, 0.3) is 0 Å². The number of anilines is 1. The largest absolute Gasteiger partial charge is 0.493 e. The smallest absolute Gasteiger partial charge is 0.229 e. The molecular formula is C18H21N5O2S. The fraction of sp³-hybridized carbons (Fsp3) is 0.444. The Kier molecular flexibility index (Phi) is 4.12. The minimum atomic E-state index is 0.0231. The molecule has 7 nitrogen and oxygen atoms in total. The Bertz CT molecular complexity index is 839. The number of ether oxygens (including phenoxy) is 1. The number of hydrogen-bond acceptors (Lipinski definition) is 7. The van der Waals surface area contributed by atoms with Crippen LogP contribution in [0.25, 0.3) is 11.3 Å². The van der Waals surface area contributed by atoms with Gasteiger partial charge in [-0.15, -0.1) is 11.3 Å². The van der Waals surface area contributed by atoms with Crippen molar-refractivity contribution in [2.75, 3.05) is 11.9 Å². The lowest BCUT2D eigenvalue weighted by Gasteiger charge is -2.29. The van der Waals surface area contributed by atoms with Crippen LogP contribution in [0.1, 0.15) is 24.8 Å². The van der Waals surface area contributed by atoms with Gasteiger partial charge >= 0.3 is 0 Å². The third-order valence-electron chi connectivity index (χ3n) is 5.46. The first kappa shape index (κ1) is 16.2. The molecule has 3 heterocycles. The summed E-state index contributed by atoms with van der Waals surface area (Å²) in [6.07, 6.45) is 3.66. The highest BCUT2D eigenvalue weighted by atomic mass is 32.1. The third-order valence-corrected chi connectivity index (χ3v) is 6.21. The summed E-state index contributed by atoms with van der Waals surface area (Å²) in [5.74, 6) is 1.06. The standard InChI is InChI=1S/C18H21N5O2S/c24-17(12-1-3-13-14(8-12)22-23-21-13)20-18-19-15(9-26-18)10-2-4-16-11(7-10)5-6-25-16/h2,4,7,9,12-14,21-23H,1,3,5-6,8H2,(H,19,20,24). The zero-order chi connectivity index (χ0) is 17.5. The molecule has 26 heavy (non-hydrogen) atoms. The van der Waals surface area contributed by atoms with Crippen LogP contribution in [-0.2, 0) is 11.2 Å². The van der Waals surface area contributed by atoms with E-state index in [2.05, 4.69) is 32.8 Å². The Labute approximate surface area is 155 Å². The van der Waals surface area contributed by atoms with Crippen molar-refractivity contribution in [3.8, 4) is 17.0 Å². The molecule has 0 spiro atoms. The monoisotopic (exact) mass is 371 g/mol. The summed E-state index contributed by atoms with van der Waals surface area (Å²) in [5.41, 5.74) is 12.5. The van der Waals surface area contributed by atoms with Crippen molar-refractivity contribution in [2.45, 2.75) is 37.8 Å². The number of aromatic nitrogens is 1. The second-order valence-electron chi connectivity index (χ2n) is 7.08. The summed E-state index contributed by atoms with van der Waals surface area (Å²) in [7, 11) is 0. The Hall–Kier alpha value is -2.00. The summed E-state index contributed by atoms with van der Waals surface area (Å²) >= 11 is 1.47. The minimum Gasteiger partial charge on any atom is -0.493 e. The maximum absolute atomic E-state index is 12.6. The topological polar surface area (TPSA) is 87.3 Å². The molecule has 1 aromatic heterocycles. The predicted molar refractivity (Wildman–Crippen MR) is 99.7 cm³/mol. The normalized spacial score (nSPS) is 26.8. The van der Waals surface area contributed by atoms with E-state index in [1.54, 1.807) is 0 Å². The van der Waals surface area contributed by atoms with Gasteiger partial charge < -0.3 is 10.1 Å². The van der Waals surface area contributed by atoms with Gasteiger partial charge in [-0.3, -0.25) is 4.79 Å². The van der Waals surface area contributed by atoms with Gasteiger partial charge in [-0.25, -0.2) is 15.8 Å². The first-order chi connectivity index (χ1) is 12.8. The maximum atomic E-state index is 12.6. The number of fused-ring (bicyclic) bond motifs is 2. The van der Waals surface area contributed by atoms with Gasteiger partial charge in [0.2, 0.25) is 5.91 Å². The zero-order valence-corrected chi connectivity index (χ0v) is 15.1.